The topological polar surface area (TPSA) is 96.5 Å². The third-order valence-electron chi connectivity index (χ3n) is 5.84. The summed E-state index contributed by atoms with van der Waals surface area (Å²) in [6.45, 7) is 4.81. The van der Waals surface area contributed by atoms with E-state index in [4.69, 9.17) is 4.74 Å². The van der Waals surface area contributed by atoms with Crippen LogP contribution in [0.2, 0.25) is 0 Å². The fraction of sp³-hybridized carbons (Fsp3) is 0.185. The molecule has 0 radical (unpaired) electrons. The number of aromatic nitrogens is 2. The zero-order chi connectivity index (χ0) is 25.0. The van der Waals surface area contributed by atoms with Crippen molar-refractivity contribution in [1.82, 2.24) is 9.97 Å². The molecule has 0 saturated carbocycles. The number of nitrogens with zero attached hydrogens (tertiary/aromatic N) is 3. The highest BCUT2D eigenvalue weighted by Gasteiger charge is 2.16. The molecule has 1 fully saturated rings. The number of sulfonamides is 1. The molecule has 9 heteroatoms. The zero-order valence-corrected chi connectivity index (χ0v) is 20.7. The number of rotatable bonds is 7. The van der Waals surface area contributed by atoms with Crippen LogP contribution in [0.5, 0.6) is 0 Å². The molecule has 0 unspecified atom stereocenters. The molecule has 3 aromatic carbocycles. The van der Waals surface area contributed by atoms with Gasteiger partial charge >= 0.3 is 0 Å². The molecule has 2 heterocycles. The van der Waals surface area contributed by atoms with E-state index in [0.717, 1.165) is 35.7 Å². The van der Waals surface area contributed by atoms with Gasteiger partial charge < -0.3 is 15.0 Å². The number of morpholine rings is 1. The van der Waals surface area contributed by atoms with Crippen molar-refractivity contribution >= 4 is 33.0 Å². The number of anilines is 4. The highest BCUT2D eigenvalue weighted by Crippen LogP contribution is 2.25. The third-order valence-corrected chi connectivity index (χ3v) is 7.24. The first kappa shape index (κ1) is 23.8. The second-order valence-corrected chi connectivity index (χ2v) is 10.1. The van der Waals surface area contributed by atoms with Crippen LogP contribution in [0.1, 0.15) is 5.82 Å². The predicted molar refractivity (Wildman–Crippen MR) is 142 cm³/mol. The number of benzene rings is 3. The van der Waals surface area contributed by atoms with E-state index < -0.39 is 10.0 Å². The number of hydrogen-bond acceptors (Lipinski definition) is 7. The standard InChI is InChI=1S/C27H27N5O3S/c1-20-28-26(19-27(29-20)32-15-17-35-18-16-32)30-23-9-11-24(12-10-23)31-36(33,34)25-13-7-22(8-14-25)21-5-3-2-4-6-21/h2-14,19,31H,15-18H2,1H3,(H,28,29,30). The van der Waals surface area contributed by atoms with Gasteiger partial charge in [0.05, 0.1) is 18.1 Å². The van der Waals surface area contributed by atoms with E-state index in [2.05, 4.69) is 24.9 Å². The van der Waals surface area contributed by atoms with Gasteiger partial charge in [0.2, 0.25) is 0 Å². The van der Waals surface area contributed by atoms with Gasteiger partial charge in [0, 0.05) is 30.5 Å². The summed E-state index contributed by atoms with van der Waals surface area (Å²) in [5.41, 5.74) is 3.26. The van der Waals surface area contributed by atoms with Gasteiger partial charge in [-0.15, -0.1) is 0 Å². The van der Waals surface area contributed by atoms with Gasteiger partial charge in [-0.05, 0) is 54.4 Å². The van der Waals surface area contributed by atoms with E-state index in [9.17, 15) is 8.42 Å². The molecule has 8 nitrogen and oxygen atoms in total. The van der Waals surface area contributed by atoms with Crippen LogP contribution in [0.25, 0.3) is 11.1 Å². The van der Waals surface area contributed by atoms with Crippen molar-refractivity contribution in [2.75, 3.05) is 41.2 Å². The Morgan fingerprint density at radius 2 is 1.44 bits per heavy atom. The molecule has 4 aromatic rings. The van der Waals surface area contributed by atoms with Crippen LogP contribution in [0.4, 0.5) is 23.0 Å². The predicted octanol–water partition coefficient (Wildman–Crippen LogP) is 4.83. The Labute approximate surface area is 211 Å². The zero-order valence-electron chi connectivity index (χ0n) is 19.9. The summed E-state index contributed by atoms with van der Waals surface area (Å²) in [6, 6.07) is 25.6. The quantitative estimate of drug-likeness (QED) is 0.374. The number of nitrogens with one attached hydrogen (secondary N) is 2. The molecule has 0 bridgehead atoms. The van der Waals surface area contributed by atoms with Gasteiger partial charge in [-0.1, -0.05) is 42.5 Å². The molecule has 1 aliphatic heterocycles. The van der Waals surface area contributed by atoms with Crippen molar-refractivity contribution in [3.63, 3.8) is 0 Å². The van der Waals surface area contributed by atoms with Crippen LogP contribution in [0.15, 0.2) is 89.8 Å². The molecule has 2 N–H and O–H groups in total. The molecule has 0 aliphatic carbocycles. The minimum absolute atomic E-state index is 0.205. The maximum Gasteiger partial charge on any atom is 0.261 e. The normalized spacial score (nSPS) is 13.9. The Morgan fingerprint density at radius 3 is 2.14 bits per heavy atom. The molecule has 1 saturated heterocycles. The van der Waals surface area contributed by atoms with E-state index in [1.165, 1.54) is 0 Å². The largest absolute Gasteiger partial charge is 0.378 e. The lowest BCUT2D eigenvalue weighted by atomic mass is 10.1. The Kier molecular flexibility index (Phi) is 6.84. The molecule has 0 spiro atoms. The smallest absolute Gasteiger partial charge is 0.261 e. The SMILES string of the molecule is Cc1nc(Nc2ccc(NS(=O)(=O)c3ccc(-c4ccccc4)cc3)cc2)cc(N2CCOCC2)n1. The monoisotopic (exact) mass is 501 g/mol. The van der Waals surface area contributed by atoms with Gasteiger partial charge in [0.25, 0.3) is 10.0 Å². The number of ether oxygens (including phenoxy) is 1. The summed E-state index contributed by atoms with van der Waals surface area (Å²) >= 11 is 0. The average molecular weight is 502 g/mol. The lowest BCUT2D eigenvalue weighted by Crippen LogP contribution is -2.36. The van der Waals surface area contributed by atoms with E-state index in [-0.39, 0.29) is 4.90 Å². The second-order valence-electron chi connectivity index (χ2n) is 8.46. The Morgan fingerprint density at radius 1 is 0.806 bits per heavy atom. The number of aryl methyl sites for hydroxylation is 1. The maximum absolute atomic E-state index is 12.9. The van der Waals surface area contributed by atoms with E-state index in [0.29, 0.717) is 30.5 Å². The van der Waals surface area contributed by atoms with E-state index >= 15 is 0 Å². The summed E-state index contributed by atoms with van der Waals surface area (Å²) in [4.78, 5) is 11.4. The van der Waals surface area contributed by atoms with Crippen LogP contribution in [0, 0.1) is 6.92 Å². The van der Waals surface area contributed by atoms with Gasteiger partial charge in [-0.25, -0.2) is 18.4 Å². The van der Waals surface area contributed by atoms with Gasteiger partial charge in [0.15, 0.2) is 0 Å². The van der Waals surface area contributed by atoms with Crippen molar-refractivity contribution in [2.24, 2.45) is 0 Å². The van der Waals surface area contributed by atoms with Gasteiger partial charge in [-0.2, -0.15) is 0 Å². The fourth-order valence-electron chi connectivity index (χ4n) is 4.01. The Bertz CT molecular complexity index is 1420. The molecular weight excluding hydrogens is 474 g/mol. The first-order valence-corrected chi connectivity index (χ1v) is 13.2. The minimum atomic E-state index is -3.71. The van der Waals surface area contributed by atoms with Gasteiger partial charge in [-0.3, -0.25) is 4.72 Å². The van der Waals surface area contributed by atoms with E-state index in [1.807, 2.05) is 67.6 Å². The first-order chi connectivity index (χ1) is 17.5. The highest BCUT2D eigenvalue weighted by molar-refractivity contribution is 7.92. The number of hydrogen-bond donors (Lipinski definition) is 2. The molecule has 184 valence electrons. The third kappa shape index (κ3) is 5.64. The fourth-order valence-corrected chi connectivity index (χ4v) is 5.07. The summed E-state index contributed by atoms with van der Waals surface area (Å²) in [5.74, 6) is 2.20. The van der Waals surface area contributed by atoms with Crippen molar-refractivity contribution in [2.45, 2.75) is 11.8 Å². The second kappa shape index (κ2) is 10.3. The molecule has 1 aromatic heterocycles. The van der Waals surface area contributed by atoms with E-state index in [1.54, 1.807) is 24.3 Å². The lowest BCUT2D eigenvalue weighted by Gasteiger charge is -2.28. The van der Waals surface area contributed by atoms with Crippen molar-refractivity contribution in [3.8, 4) is 11.1 Å². The minimum Gasteiger partial charge on any atom is -0.378 e. The molecule has 0 amide bonds. The Balaban J connectivity index is 1.26. The summed E-state index contributed by atoms with van der Waals surface area (Å²) in [7, 11) is -3.71. The van der Waals surface area contributed by atoms with Crippen molar-refractivity contribution < 1.29 is 13.2 Å². The highest BCUT2D eigenvalue weighted by atomic mass is 32.2. The summed E-state index contributed by atoms with van der Waals surface area (Å²) in [5, 5.41) is 3.28. The van der Waals surface area contributed by atoms with Crippen LogP contribution in [-0.2, 0) is 14.8 Å². The van der Waals surface area contributed by atoms with Crippen LogP contribution in [0.3, 0.4) is 0 Å². The Hall–Kier alpha value is -3.95. The lowest BCUT2D eigenvalue weighted by molar-refractivity contribution is 0.122. The molecule has 5 rings (SSSR count). The summed E-state index contributed by atoms with van der Waals surface area (Å²) < 4.78 is 33.9. The van der Waals surface area contributed by atoms with Gasteiger partial charge in [0.1, 0.15) is 17.5 Å². The molecule has 0 atom stereocenters. The van der Waals surface area contributed by atoms with Crippen molar-refractivity contribution in [1.29, 1.82) is 0 Å². The van der Waals surface area contributed by atoms with Crippen molar-refractivity contribution in [3.05, 3.63) is 90.8 Å². The summed E-state index contributed by atoms with van der Waals surface area (Å²) in [6.07, 6.45) is 0. The maximum atomic E-state index is 12.9. The van der Waals surface area contributed by atoms with Crippen LogP contribution >= 0.6 is 0 Å². The average Bonchev–Trinajstić information content (AvgIpc) is 2.90. The molecule has 36 heavy (non-hydrogen) atoms. The molecular formula is C27H27N5O3S. The van der Waals surface area contributed by atoms with Crippen LogP contribution < -0.4 is 14.9 Å². The first-order valence-electron chi connectivity index (χ1n) is 11.7. The molecule has 1 aliphatic rings. The van der Waals surface area contributed by atoms with Crippen LogP contribution in [-0.4, -0.2) is 44.7 Å².